The zero-order valence-corrected chi connectivity index (χ0v) is 11.3. The first-order valence-corrected chi connectivity index (χ1v) is 6.82. The Kier molecular flexibility index (Phi) is 4.42. The quantitative estimate of drug-likeness (QED) is 0.897. The third-order valence-corrected chi connectivity index (χ3v) is 3.90. The van der Waals surface area contributed by atoms with Gasteiger partial charge in [0.1, 0.15) is 5.82 Å². The number of benzene rings is 1. The van der Waals surface area contributed by atoms with Crippen molar-refractivity contribution >= 4 is 17.5 Å². The molecule has 3 nitrogen and oxygen atoms in total. The molecular weight excluding hydrogens is 269 g/mol. The standard InChI is InChI=1S/C14H17ClFNO2/c15-10-4-5-12(16)11(8-10)13(19)17-14(9-18)6-2-1-3-7-14/h4-5,8,18H,1-3,6-7,9H2,(H,17,19). The average molecular weight is 286 g/mol. The summed E-state index contributed by atoms with van der Waals surface area (Å²) in [6.07, 6.45) is 4.45. The van der Waals surface area contributed by atoms with Gasteiger partial charge in [-0.2, -0.15) is 0 Å². The molecule has 1 saturated carbocycles. The van der Waals surface area contributed by atoms with Gasteiger partial charge >= 0.3 is 0 Å². The number of nitrogens with one attached hydrogen (secondary N) is 1. The molecule has 1 aliphatic carbocycles. The zero-order valence-electron chi connectivity index (χ0n) is 10.6. The van der Waals surface area contributed by atoms with Gasteiger partial charge in [0.05, 0.1) is 17.7 Å². The molecule has 1 amide bonds. The summed E-state index contributed by atoms with van der Waals surface area (Å²) >= 11 is 5.78. The third-order valence-electron chi connectivity index (χ3n) is 3.67. The lowest BCUT2D eigenvalue weighted by Gasteiger charge is -2.36. The van der Waals surface area contributed by atoms with Gasteiger partial charge in [0, 0.05) is 5.02 Å². The molecule has 0 saturated heterocycles. The highest BCUT2D eigenvalue weighted by atomic mass is 35.5. The van der Waals surface area contributed by atoms with Crippen LogP contribution < -0.4 is 5.32 Å². The molecule has 104 valence electrons. The van der Waals surface area contributed by atoms with E-state index < -0.39 is 17.3 Å². The maximum Gasteiger partial charge on any atom is 0.254 e. The monoisotopic (exact) mass is 285 g/mol. The van der Waals surface area contributed by atoms with Gasteiger partial charge in [0.25, 0.3) is 5.91 Å². The van der Waals surface area contributed by atoms with Crippen LogP contribution >= 0.6 is 11.6 Å². The van der Waals surface area contributed by atoms with Gasteiger partial charge in [0.2, 0.25) is 0 Å². The number of amides is 1. The first-order chi connectivity index (χ1) is 9.06. The molecule has 1 aromatic rings. The summed E-state index contributed by atoms with van der Waals surface area (Å²) in [5.41, 5.74) is -0.699. The summed E-state index contributed by atoms with van der Waals surface area (Å²) < 4.78 is 13.6. The molecular formula is C14H17ClFNO2. The van der Waals surface area contributed by atoms with Crippen LogP contribution in [0.2, 0.25) is 5.02 Å². The van der Waals surface area contributed by atoms with Crippen molar-refractivity contribution in [2.24, 2.45) is 0 Å². The molecule has 0 spiro atoms. The molecule has 0 unspecified atom stereocenters. The fourth-order valence-corrected chi connectivity index (χ4v) is 2.70. The molecule has 1 aliphatic rings. The fourth-order valence-electron chi connectivity index (χ4n) is 2.53. The minimum absolute atomic E-state index is 0.0779. The molecule has 0 atom stereocenters. The SMILES string of the molecule is O=C(NC1(CO)CCCCC1)c1cc(Cl)ccc1F. The van der Waals surface area contributed by atoms with Gasteiger partial charge < -0.3 is 10.4 Å². The molecule has 5 heteroatoms. The summed E-state index contributed by atoms with van der Waals surface area (Å²) in [5.74, 6) is -1.12. The molecule has 0 radical (unpaired) electrons. The summed E-state index contributed by atoms with van der Waals surface area (Å²) in [6.45, 7) is -0.124. The largest absolute Gasteiger partial charge is 0.394 e. The normalized spacial score (nSPS) is 18.1. The number of carbonyl (C=O) groups excluding carboxylic acids is 1. The smallest absolute Gasteiger partial charge is 0.254 e. The molecule has 0 heterocycles. The lowest BCUT2D eigenvalue weighted by Crippen LogP contribution is -2.52. The number of carbonyl (C=O) groups is 1. The third kappa shape index (κ3) is 3.25. The van der Waals surface area contributed by atoms with Crippen molar-refractivity contribution in [2.75, 3.05) is 6.61 Å². The Morgan fingerprint density at radius 3 is 2.68 bits per heavy atom. The van der Waals surface area contributed by atoms with Crippen LogP contribution in [0, 0.1) is 5.82 Å². The van der Waals surface area contributed by atoms with E-state index in [2.05, 4.69) is 5.32 Å². The Morgan fingerprint density at radius 2 is 2.05 bits per heavy atom. The van der Waals surface area contributed by atoms with Gasteiger partial charge in [-0.15, -0.1) is 0 Å². The minimum atomic E-state index is -0.621. The Morgan fingerprint density at radius 1 is 1.37 bits per heavy atom. The highest BCUT2D eigenvalue weighted by Crippen LogP contribution is 2.28. The summed E-state index contributed by atoms with van der Waals surface area (Å²) in [5, 5.41) is 12.6. The predicted octanol–water partition coefficient (Wildman–Crippen LogP) is 2.90. The maximum atomic E-state index is 13.6. The second-order valence-corrected chi connectivity index (χ2v) is 5.51. The zero-order chi connectivity index (χ0) is 13.9. The van der Waals surface area contributed by atoms with Crippen molar-refractivity contribution in [2.45, 2.75) is 37.6 Å². The first-order valence-electron chi connectivity index (χ1n) is 6.45. The van der Waals surface area contributed by atoms with E-state index in [1.807, 2.05) is 0 Å². The van der Waals surface area contributed by atoms with Gasteiger partial charge in [-0.3, -0.25) is 4.79 Å². The molecule has 0 aromatic heterocycles. The lowest BCUT2D eigenvalue weighted by molar-refractivity contribution is 0.0755. The maximum absolute atomic E-state index is 13.6. The second-order valence-electron chi connectivity index (χ2n) is 5.08. The van der Waals surface area contributed by atoms with Gasteiger partial charge in [-0.1, -0.05) is 30.9 Å². The lowest BCUT2D eigenvalue weighted by atomic mass is 9.82. The molecule has 0 aliphatic heterocycles. The second kappa shape index (κ2) is 5.88. The highest BCUT2D eigenvalue weighted by molar-refractivity contribution is 6.31. The summed E-state index contributed by atoms with van der Waals surface area (Å²) in [4.78, 5) is 12.1. The number of hydrogen-bond donors (Lipinski definition) is 2. The van der Waals surface area contributed by atoms with Crippen molar-refractivity contribution in [3.63, 3.8) is 0 Å². The highest BCUT2D eigenvalue weighted by Gasteiger charge is 2.33. The number of rotatable bonds is 3. The molecule has 1 fully saturated rings. The van der Waals surface area contributed by atoms with Crippen molar-refractivity contribution < 1.29 is 14.3 Å². The number of hydrogen-bond acceptors (Lipinski definition) is 2. The van der Waals surface area contributed by atoms with E-state index in [1.54, 1.807) is 0 Å². The van der Waals surface area contributed by atoms with Crippen LogP contribution in [-0.2, 0) is 0 Å². The fraction of sp³-hybridized carbons (Fsp3) is 0.500. The van der Waals surface area contributed by atoms with Crippen LogP contribution in [0.3, 0.4) is 0 Å². The van der Waals surface area contributed by atoms with Gasteiger partial charge in [-0.05, 0) is 31.0 Å². The molecule has 19 heavy (non-hydrogen) atoms. The molecule has 2 N–H and O–H groups in total. The first kappa shape index (κ1) is 14.3. The van der Waals surface area contributed by atoms with Crippen LogP contribution in [-0.4, -0.2) is 23.2 Å². The Bertz CT molecular complexity index is 473. The minimum Gasteiger partial charge on any atom is -0.394 e. The van der Waals surface area contributed by atoms with Crippen LogP contribution in [0.1, 0.15) is 42.5 Å². The van der Waals surface area contributed by atoms with Gasteiger partial charge in [0.15, 0.2) is 0 Å². The summed E-state index contributed by atoms with van der Waals surface area (Å²) in [7, 11) is 0. The van der Waals surface area contributed by atoms with Crippen molar-refractivity contribution in [3.8, 4) is 0 Å². The van der Waals surface area contributed by atoms with Crippen molar-refractivity contribution in [1.29, 1.82) is 0 Å². The average Bonchev–Trinajstić information content (AvgIpc) is 2.42. The van der Waals surface area contributed by atoms with E-state index in [9.17, 15) is 14.3 Å². The van der Waals surface area contributed by atoms with E-state index in [4.69, 9.17) is 11.6 Å². The molecule has 2 rings (SSSR count). The van der Waals surface area contributed by atoms with E-state index in [1.165, 1.54) is 18.2 Å². The van der Waals surface area contributed by atoms with Gasteiger partial charge in [-0.25, -0.2) is 4.39 Å². The summed E-state index contributed by atoms with van der Waals surface area (Å²) in [6, 6.07) is 3.87. The van der Waals surface area contributed by atoms with Crippen LogP contribution in [0.5, 0.6) is 0 Å². The van der Waals surface area contributed by atoms with Crippen molar-refractivity contribution in [1.82, 2.24) is 5.32 Å². The Hall–Kier alpha value is -1.13. The number of halogens is 2. The van der Waals surface area contributed by atoms with Crippen LogP contribution in [0.4, 0.5) is 4.39 Å². The van der Waals surface area contributed by atoms with Crippen molar-refractivity contribution in [3.05, 3.63) is 34.6 Å². The van der Waals surface area contributed by atoms with Crippen LogP contribution in [0.25, 0.3) is 0 Å². The van der Waals surface area contributed by atoms with E-state index in [0.717, 1.165) is 32.1 Å². The number of aliphatic hydroxyl groups is 1. The van der Waals surface area contributed by atoms with E-state index >= 15 is 0 Å². The predicted molar refractivity (Wildman–Crippen MR) is 71.8 cm³/mol. The van der Waals surface area contributed by atoms with E-state index in [0.29, 0.717) is 5.02 Å². The topological polar surface area (TPSA) is 49.3 Å². The number of aliphatic hydroxyl groups excluding tert-OH is 1. The molecule has 1 aromatic carbocycles. The Balaban J connectivity index is 2.17. The van der Waals surface area contributed by atoms with E-state index in [-0.39, 0.29) is 12.2 Å². The Labute approximate surface area is 116 Å². The molecule has 0 bridgehead atoms. The van der Waals surface area contributed by atoms with Crippen LogP contribution in [0.15, 0.2) is 18.2 Å².